The van der Waals surface area contributed by atoms with Gasteiger partial charge in [0.15, 0.2) is 5.11 Å². The van der Waals surface area contributed by atoms with E-state index in [1.807, 2.05) is 24.3 Å². The summed E-state index contributed by atoms with van der Waals surface area (Å²) in [6, 6.07) is 14.3. The van der Waals surface area contributed by atoms with Gasteiger partial charge in [-0.15, -0.1) is 0 Å². The molecule has 0 heterocycles. The number of nitrogens with one attached hydrogen (secondary N) is 2. The van der Waals surface area contributed by atoms with Crippen LogP contribution >= 0.6 is 23.8 Å². The van der Waals surface area contributed by atoms with Crippen molar-refractivity contribution in [2.45, 2.75) is 6.54 Å². The minimum atomic E-state index is -0.454. The average Bonchev–Trinajstić information content (AvgIpc) is 2.47. The third kappa shape index (κ3) is 4.73. The Morgan fingerprint density at radius 1 is 1.10 bits per heavy atom. The zero-order valence-corrected chi connectivity index (χ0v) is 12.7. The van der Waals surface area contributed by atoms with E-state index in [1.165, 1.54) is 0 Å². The van der Waals surface area contributed by atoms with Crippen LogP contribution in [0.15, 0.2) is 48.5 Å². The molecule has 2 aromatic rings. The molecular weight excluding hydrogens is 306 g/mol. The highest BCUT2D eigenvalue weighted by Gasteiger charge is 2.01. The van der Waals surface area contributed by atoms with Crippen molar-refractivity contribution >= 4 is 40.5 Å². The Labute approximate surface area is 133 Å². The molecule has 108 valence electrons. The molecule has 0 bridgehead atoms. The summed E-state index contributed by atoms with van der Waals surface area (Å²) >= 11 is 11.0. The second-order valence-electron chi connectivity index (χ2n) is 4.38. The number of hydrogen-bond donors (Lipinski definition) is 3. The van der Waals surface area contributed by atoms with Gasteiger partial charge in [-0.1, -0.05) is 23.7 Å². The molecule has 21 heavy (non-hydrogen) atoms. The van der Waals surface area contributed by atoms with E-state index in [9.17, 15) is 4.79 Å². The third-order valence-electron chi connectivity index (χ3n) is 2.79. The quantitative estimate of drug-likeness (QED) is 0.758. The van der Waals surface area contributed by atoms with Gasteiger partial charge in [0.2, 0.25) is 5.91 Å². The fraction of sp³-hybridized carbons (Fsp3) is 0.0667. The minimum absolute atomic E-state index is 0.454. The van der Waals surface area contributed by atoms with Crippen molar-refractivity contribution in [2.24, 2.45) is 5.73 Å². The number of benzene rings is 2. The first-order valence-corrected chi connectivity index (χ1v) is 7.02. The lowest BCUT2D eigenvalue weighted by atomic mass is 10.2. The molecule has 0 unspecified atom stereocenters. The van der Waals surface area contributed by atoms with Crippen molar-refractivity contribution in [1.82, 2.24) is 5.32 Å². The zero-order chi connectivity index (χ0) is 15.2. The SMILES string of the molecule is NC(=O)c1ccc(NC(=S)NCc2ccc(Cl)cc2)cc1. The number of thiocarbonyl (C=S) groups is 1. The lowest BCUT2D eigenvalue weighted by Gasteiger charge is -2.11. The molecule has 0 spiro atoms. The number of carbonyl (C=O) groups is 1. The highest BCUT2D eigenvalue weighted by Crippen LogP contribution is 2.10. The Bertz CT molecular complexity index is 641. The van der Waals surface area contributed by atoms with E-state index in [2.05, 4.69) is 10.6 Å². The standard InChI is InChI=1S/C15H14ClN3OS/c16-12-5-1-10(2-6-12)9-18-15(21)19-13-7-3-11(4-8-13)14(17)20/h1-8H,9H2,(H2,17,20)(H2,18,19,21). The molecular formula is C15H14ClN3OS. The summed E-state index contributed by atoms with van der Waals surface area (Å²) in [4.78, 5) is 11.0. The number of carbonyl (C=O) groups excluding carboxylic acids is 1. The summed E-state index contributed by atoms with van der Waals surface area (Å²) < 4.78 is 0. The number of nitrogens with two attached hydrogens (primary N) is 1. The predicted octanol–water partition coefficient (Wildman–Crippen LogP) is 2.93. The van der Waals surface area contributed by atoms with Crippen molar-refractivity contribution < 1.29 is 4.79 Å². The Morgan fingerprint density at radius 2 is 1.71 bits per heavy atom. The van der Waals surface area contributed by atoms with Gasteiger partial charge < -0.3 is 16.4 Å². The van der Waals surface area contributed by atoms with Crippen molar-refractivity contribution in [3.8, 4) is 0 Å². The first-order valence-electron chi connectivity index (χ1n) is 6.24. The van der Waals surface area contributed by atoms with E-state index in [4.69, 9.17) is 29.6 Å². The van der Waals surface area contributed by atoms with Crippen LogP contribution in [-0.4, -0.2) is 11.0 Å². The largest absolute Gasteiger partial charge is 0.366 e. The molecule has 2 rings (SSSR count). The van der Waals surface area contributed by atoms with E-state index in [-0.39, 0.29) is 0 Å². The van der Waals surface area contributed by atoms with Gasteiger partial charge >= 0.3 is 0 Å². The molecule has 4 N–H and O–H groups in total. The van der Waals surface area contributed by atoms with Crippen LogP contribution in [0.4, 0.5) is 5.69 Å². The number of halogens is 1. The molecule has 6 heteroatoms. The molecule has 0 radical (unpaired) electrons. The fourth-order valence-electron chi connectivity index (χ4n) is 1.68. The molecule has 0 saturated heterocycles. The van der Waals surface area contributed by atoms with Gasteiger partial charge in [0.25, 0.3) is 0 Å². The zero-order valence-electron chi connectivity index (χ0n) is 11.1. The van der Waals surface area contributed by atoms with Crippen LogP contribution in [0.25, 0.3) is 0 Å². The first-order chi connectivity index (χ1) is 10.0. The monoisotopic (exact) mass is 319 g/mol. The molecule has 0 atom stereocenters. The Kier molecular flexibility index (Phi) is 5.14. The summed E-state index contributed by atoms with van der Waals surface area (Å²) in [5.74, 6) is -0.454. The number of rotatable bonds is 4. The molecule has 0 aliphatic heterocycles. The van der Waals surface area contributed by atoms with Crippen molar-refractivity contribution in [1.29, 1.82) is 0 Å². The smallest absolute Gasteiger partial charge is 0.248 e. The number of amides is 1. The van der Waals surface area contributed by atoms with Crippen LogP contribution in [0.3, 0.4) is 0 Å². The molecule has 0 saturated carbocycles. The second-order valence-corrected chi connectivity index (χ2v) is 5.22. The van der Waals surface area contributed by atoms with Crippen molar-refractivity contribution in [2.75, 3.05) is 5.32 Å². The Hall–Kier alpha value is -2.11. The van der Waals surface area contributed by atoms with E-state index in [0.717, 1.165) is 11.3 Å². The minimum Gasteiger partial charge on any atom is -0.366 e. The van der Waals surface area contributed by atoms with E-state index in [1.54, 1.807) is 24.3 Å². The molecule has 0 aromatic heterocycles. The lowest BCUT2D eigenvalue weighted by molar-refractivity contribution is 0.100. The summed E-state index contributed by atoms with van der Waals surface area (Å²) in [5, 5.41) is 7.32. The Balaban J connectivity index is 1.86. The van der Waals surface area contributed by atoms with Crippen LogP contribution in [-0.2, 0) is 6.54 Å². The maximum absolute atomic E-state index is 11.0. The van der Waals surface area contributed by atoms with Gasteiger partial charge in [-0.05, 0) is 54.2 Å². The summed E-state index contributed by atoms with van der Waals surface area (Å²) in [7, 11) is 0. The lowest BCUT2D eigenvalue weighted by Crippen LogP contribution is -2.27. The first kappa shape index (κ1) is 15.3. The van der Waals surface area contributed by atoms with Gasteiger partial charge in [-0.2, -0.15) is 0 Å². The average molecular weight is 320 g/mol. The van der Waals surface area contributed by atoms with Crippen LogP contribution in [0.2, 0.25) is 5.02 Å². The summed E-state index contributed by atoms with van der Waals surface area (Å²) in [5.41, 5.74) is 7.50. The highest BCUT2D eigenvalue weighted by atomic mass is 35.5. The van der Waals surface area contributed by atoms with Crippen LogP contribution < -0.4 is 16.4 Å². The maximum atomic E-state index is 11.0. The molecule has 0 fully saturated rings. The summed E-state index contributed by atoms with van der Waals surface area (Å²) in [6.45, 7) is 0.600. The molecule has 0 aliphatic rings. The highest BCUT2D eigenvalue weighted by molar-refractivity contribution is 7.80. The Morgan fingerprint density at radius 3 is 2.29 bits per heavy atom. The van der Waals surface area contributed by atoms with Gasteiger partial charge in [-0.3, -0.25) is 4.79 Å². The van der Waals surface area contributed by atoms with E-state index < -0.39 is 5.91 Å². The second kappa shape index (κ2) is 7.06. The molecule has 0 aliphatic carbocycles. The topological polar surface area (TPSA) is 67.2 Å². The summed E-state index contributed by atoms with van der Waals surface area (Å²) in [6.07, 6.45) is 0. The maximum Gasteiger partial charge on any atom is 0.248 e. The molecule has 1 amide bonds. The third-order valence-corrected chi connectivity index (χ3v) is 3.29. The van der Waals surface area contributed by atoms with Gasteiger partial charge in [0.1, 0.15) is 0 Å². The van der Waals surface area contributed by atoms with Gasteiger partial charge in [-0.25, -0.2) is 0 Å². The number of anilines is 1. The van der Waals surface area contributed by atoms with Crippen LogP contribution in [0.5, 0.6) is 0 Å². The van der Waals surface area contributed by atoms with Gasteiger partial charge in [0, 0.05) is 22.8 Å². The molecule has 2 aromatic carbocycles. The van der Waals surface area contributed by atoms with Crippen LogP contribution in [0.1, 0.15) is 15.9 Å². The van der Waals surface area contributed by atoms with E-state index in [0.29, 0.717) is 22.2 Å². The normalized spacial score (nSPS) is 9.95. The van der Waals surface area contributed by atoms with Crippen LogP contribution in [0, 0.1) is 0 Å². The number of hydrogen-bond acceptors (Lipinski definition) is 2. The van der Waals surface area contributed by atoms with Gasteiger partial charge in [0.05, 0.1) is 0 Å². The van der Waals surface area contributed by atoms with Crippen molar-refractivity contribution in [3.05, 3.63) is 64.7 Å². The molecule has 4 nitrogen and oxygen atoms in total. The van der Waals surface area contributed by atoms with Crippen molar-refractivity contribution in [3.63, 3.8) is 0 Å². The predicted molar refractivity (Wildman–Crippen MR) is 89.5 cm³/mol. The van der Waals surface area contributed by atoms with E-state index >= 15 is 0 Å². The number of primary amides is 1. The fourth-order valence-corrected chi connectivity index (χ4v) is 1.99.